The van der Waals surface area contributed by atoms with Crippen LogP contribution < -0.4 is 5.32 Å². The van der Waals surface area contributed by atoms with Gasteiger partial charge in [-0.15, -0.1) is 5.10 Å². The molecule has 18 heavy (non-hydrogen) atoms. The van der Waals surface area contributed by atoms with Crippen LogP contribution in [0.5, 0.6) is 0 Å². The molecule has 1 saturated carbocycles. The molecule has 1 aliphatic carbocycles. The van der Waals surface area contributed by atoms with Crippen molar-refractivity contribution < 1.29 is 4.92 Å². The topological polar surface area (TPSA) is 73.0 Å². The number of nitrogens with zero attached hydrogens (tertiary/aromatic N) is 3. The molecule has 2 rings (SSSR count). The Hall–Kier alpha value is -1.59. The largest absolute Gasteiger partial charge is 0.360 e. The molecule has 6 heteroatoms. The van der Waals surface area contributed by atoms with Gasteiger partial charge in [-0.05, 0) is 31.1 Å². The summed E-state index contributed by atoms with van der Waals surface area (Å²) in [6.45, 7) is 4.47. The summed E-state index contributed by atoms with van der Waals surface area (Å²) < 4.78 is 1.48. The van der Waals surface area contributed by atoms with Crippen LogP contribution in [0.3, 0.4) is 0 Å². The molecular weight excluding hydrogens is 232 g/mol. The molecule has 6 nitrogen and oxygen atoms in total. The lowest BCUT2D eigenvalue weighted by molar-refractivity contribution is -0.384. The van der Waals surface area contributed by atoms with Crippen molar-refractivity contribution in [2.75, 3.05) is 5.32 Å². The molecule has 2 unspecified atom stereocenters. The van der Waals surface area contributed by atoms with Crippen molar-refractivity contribution in [1.29, 1.82) is 0 Å². The fourth-order valence-corrected chi connectivity index (χ4v) is 2.97. The van der Waals surface area contributed by atoms with Crippen LogP contribution in [0.4, 0.5) is 11.5 Å². The molecule has 0 radical (unpaired) electrons. The van der Waals surface area contributed by atoms with Crippen LogP contribution in [-0.4, -0.2) is 20.7 Å². The Morgan fingerprint density at radius 3 is 2.56 bits per heavy atom. The van der Waals surface area contributed by atoms with Crippen LogP contribution >= 0.6 is 0 Å². The lowest BCUT2D eigenvalue weighted by Gasteiger charge is -2.31. The predicted molar refractivity (Wildman–Crippen MR) is 69.5 cm³/mol. The van der Waals surface area contributed by atoms with Gasteiger partial charge in [-0.1, -0.05) is 13.8 Å². The van der Waals surface area contributed by atoms with Crippen molar-refractivity contribution in [2.24, 2.45) is 18.9 Å². The highest BCUT2D eigenvalue weighted by molar-refractivity contribution is 5.55. The quantitative estimate of drug-likeness (QED) is 0.662. The third-order valence-corrected chi connectivity index (χ3v) is 3.53. The molecule has 0 bridgehead atoms. The van der Waals surface area contributed by atoms with Crippen molar-refractivity contribution in [3.8, 4) is 0 Å². The summed E-state index contributed by atoms with van der Waals surface area (Å²) in [5, 5.41) is 18.3. The fraction of sp³-hybridized carbons (Fsp3) is 0.750. The second-order valence-electron chi connectivity index (χ2n) is 5.55. The molecule has 0 saturated heterocycles. The van der Waals surface area contributed by atoms with E-state index in [-0.39, 0.29) is 16.7 Å². The van der Waals surface area contributed by atoms with Gasteiger partial charge >= 0.3 is 5.69 Å². The van der Waals surface area contributed by atoms with Gasteiger partial charge in [0.2, 0.25) is 5.82 Å². The van der Waals surface area contributed by atoms with Gasteiger partial charge in [0.15, 0.2) is 0 Å². The summed E-state index contributed by atoms with van der Waals surface area (Å²) in [6.07, 6.45) is 4.79. The van der Waals surface area contributed by atoms with E-state index in [2.05, 4.69) is 24.3 Å². The van der Waals surface area contributed by atoms with Crippen LogP contribution in [0.1, 0.15) is 33.1 Å². The minimum Gasteiger partial charge on any atom is -0.360 e. The van der Waals surface area contributed by atoms with Crippen molar-refractivity contribution in [3.63, 3.8) is 0 Å². The Kier molecular flexibility index (Phi) is 3.54. The number of aromatic nitrogens is 2. The Morgan fingerprint density at radius 1 is 1.39 bits per heavy atom. The van der Waals surface area contributed by atoms with Gasteiger partial charge in [0.1, 0.15) is 6.20 Å². The number of anilines is 1. The molecule has 100 valence electrons. The molecular formula is C12H20N4O2. The molecule has 1 fully saturated rings. The molecule has 0 amide bonds. The zero-order chi connectivity index (χ0) is 13.3. The second-order valence-corrected chi connectivity index (χ2v) is 5.55. The van der Waals surface area contributed by atoms with Gasteiger partial charge < -0.3 is 5.32 Å². The zero-order valence-electron chi connectivity index (χ0n) is 11.1. The SMILES string of the molecule is CC1CC(C)CC(Nc2nn(C)cc2[N+](=O)[O-])C1. The molecule has 1 aliphatic rings. The van der Waals surface area contributed by atoms with Crippen LogP contribution in [0, 0.1) is 22.0 Å². The van der Waals surface area contributed by atoms with Gasteiger partial charge in [-0.3, -0.25) is 14.8 Å². The molecule has 1 N–H and O–H groups in total. The molecule has 0 aliphatic heterocycles. The highest BCUT2D eigenvalue weighted by Gasteiger charge is 2.27. The van der Waals surface area contributed by atoms with E-state index in [0.717, 1.165) is 12.8 Å². The third kappa shape index (κ3) is 2.80. The maximum atomic E-state index is 10.9. The van der Waals surface area contributed by atoms with Gasteiger partial charge in [0.25, 0.3) is 0 Å². The van der Waals surface area contributed by atoms with Gasteiger partial charge in [0.05, 0.1) is 4.92 Å². The van der Waals surface area contributed by atoms with Gasteiger partial charge in [-0.2, -0.15) is 0 Å². The average Bonchev–Trinajstić information content (AvgIpc) is 2.57. The van der Waals surface area contributed by atoms with E-state index in [1.807, 2.05) is 0 Å². The van der Waals surface area contributed by atoms with E-state index in [1.54, 1.807) is 7.05 Å². The summed E-state index contributed by atoms with van der Waals surface area (Å²) >= 11 is 0. The number of hydrogen-bond donors (Lipinski definition) is 1. The van der Waals surface area contributed by atoms with Crippen molar-refractivity contribution in [2.45, 2.75) is 39.2 Å². The first kappa shape index (κ1) is 12.9. The lowest BCUT2D eigenvalue weighted by atomic mass is 9.80. The molecule has 0 aromatic carbocycles. The molecule has 2 atom stereocenters. The first-order valence-electron chi connectivity index (χ1n) is 6.40. The average molecular weight is 252 g/mol. The Balaban J connectivity index is 2.11. The highest BCUT2D eigenvalue weighted by atomic mass is 16.6. The summed E-state index contributed by atoms with van der Waals surface area (Å²) in [5.74, 6) is 1.72. The van der Waals surface area contributed by atoms with Crippen molar-refractivity contribution in [1.82, 2.24) is 9.78 Å². The predicted octanol–water partition coefficient (Wildman–Crippen LogP) is 2.56. The van der Waals surface area contributed by atoms with Crippen molar-refractivity contribution in [3.05, 3.63) is 16.3 Å². The smallest absolute Gasteiger partial charge is 0.330 e. The number of nitro groups is 1. The summed E-state index contributed by atoms with van der Waals surface area (Å²) in [6, 6.07) is 0.289. The van der Waals surface area contributed by atoms with E-state index in [0.29, 0.717) is 17.7 Å². The molecule has 0 spiro atoms. The highest BCUT2D eigenvalue weighted by Crippen LogP contribution is 2.32. The molecule has 1 aromatic rings. The van der Waals surface area contributed by atoms with E-state index < -0.39 is 0 Å². The monoisotopic (exact) mass is 252 g/mol. The van der Waals surface area contributed by atoms with E-state index in [4.69, 9.17) is 0 Å². The first-order chi connectivity index (χ1) is 8.45. The van der Waals surface area contributed by atoms with Crippen LogP contribution in [0.2, 0.25) is 0 Å². The second kappa shape index (κ2) is 4.96. The fourth-order valence-electron chi connectivity index (χ4n) is 2.97. The van der Waals surface area contributed by atoms with Crippen LogP contribution in [-0.2, 0) is 7.05 Å². The molecule has 1 heterocycles. The van der Waals surface area contributed by atoms with E-state index >= 15 is 0 Å². The Bertz CT molecular complexity index is 433. The van der Waals surface area contributed by atoms with E-state index in [1.165, 1.54) is 17.3 Å². The van der Waals surface area contributed by atoms with E-state index in [9.17, 15) is 10.1 Å². The Labute approximate surface area is 107 Å². The number of nitrogens with one attached hydrogen (secondary N) is 1. The van der Waals surface area contributed by atoms with Crippen LogP contribution in [0.15, 0.2) is 6.20 Å². The third-order valence-electron chi connectivity index (χ3n) is 3.53. The Morgan fingerprint density at radius 2 is 2.00 bits per heavy atom. The summed E-state index contributed by atoms with van der Waals surface area (Å²) in [4.78, 5) is 10.5. The summed E-state index contributed by atoms with van der Waals surface area (Å²) in [5.41, 5.74) is 0.0587. The first-order valence-corrected chi connectivity index (χ1v) is 6.40. The number of hydrogen-bond acceptors (Lipinski definition) is 4. The zero-order valence-corrected chi connectivity index (χ0v) is 11.1. The van der Waals surface area contributed by atoms with Crippen LogP contribution in [0.25, 0.3) is 0 Å². The lowest BCUT2D eigenvalue weighted by Crippen LogP contribution is -2.30. The summed E-state index contributed by atoms with van der Waals surface area (Å²) in [7, 11) is 1.70. The van der Waals surface area contributed by atoms with Crippen molar-refractivity contribution >= 4 is 11.5 Å². The number of rotatable bonds is 3. The molecule has 1 aromatic heterocycles. The maximum Gasteiger partial charge on any atom is 0.330 e. The van der Waals surface area contributed by atoms with Gasteiger partial charge in [-0.25, -0.2) is 0 Å². The standard InChI is InChI=1S/C12H20N4O2/c1-8-4-9(2)6-10(5-8)13-12-11(16(17)18)7-15(3)14-12/h7-10H,4-6H2,1-3H3,(H,13,14). The maximum absolute atomic E-state index is 10.9. The normalized spacial score (nSPS) is 28.1. The number of aryl methyl sites for hydroxylation is 1. The van der Waals surface area contributed by atoms with Gasteiger partial charge in [0, 0.05) is 13.1 Å². The minimum atomic E-state index is -0.384. The minimum absolute atomic E-state index is 0.0587.